The van der Waals surface area contributed by atoms with Crippen molar-refractivity contribution < 1.29 is 14.3 Å². The number of thioether (sulfide) groups is 1. The Labute approximate surface area is 177 Å². The third-order valence-electron chi connectivity index (χ3n) is 4.57. The molecule has 2 amide bonds. The highest BCUT2D eigenvalue weighted by Gasteiger charge is 2.24. The summed E-state index contributed by atoms with van der Waals surface area (Å²) in [5.74, 6) is 0.925. The fraction of sp³-hybridized carbons (Fsp3) is 0.350. The molecule has 0 saturated heterocycles. The van der Waals surface area contributed by atoms with E-state index in [4.69, 9.17) is 4.74 Å². The van der Waals surface area contributed by atoms with Gasteiger partial charge in [-0.05, 0) is 49.6 Å². The van der Waals surface area contributed by atoms with Crippen molar-refractivity contribution in [2.45, 2.75) is 19.4 Å². The summed E-state index contributed by atoms with van der Waals surface area (Å²) < 4.78 is 7.08. The molecule has 0 spiro atoms. The monoisotopic (exact) mass is 432 g/mol. The first-order chi connectivity index (χ1) is 13.9. The van der Waals surface area contributed by atoms with Crippen LogP contribution in [0.2, 0.25) is 0 Å². The lowest BCUT2D eigenvalue weighted by atomic mass is 10.2. The van der Waals surface area contributed by atoms with E-state index < -0.39 is 6.04 Å². The number of nitrogens with zero attached hydrogens (tertiary/aromatic N) is 2. The summed E-state index contributed by atoms with van der Waals surface area (Å²) in [4.78, 5) is 30.9. The number of ether oxygens (including phenoxy) is 1. The number of hydrogen-bond acceptors (Lipinski definition) is 6. The van der Waals surface area contributed by atoms with Crippen molar-refractivity contribution >= 4 is 50.9 Å². The van der Waals surface area contributed by atoms with Gasteiger partial charge >= 0.3 is 0 Å². The van der Waals surface area contributed by atoms with Crippen molar-refractivity contribution in [2.75, 3.05) is 24.4 Å². The maximum absolute atomic E-state index is 13.0. The van der Waals surface area contributed by atoms with Crippen molar-refractivity contribution in [3.63, 3.8) is 0 Å². The smallest absolute Gasteiger partial charge is 0.268 e. The molecule has 29 heavy (non-hydrogen) atoms. The highest BCUT2D eigenvalue weighted by atomic mass is 32.2. The molecule has 0 radical (unpaired) electrons. The molecule has 0 aliphatic carbocycles. The topological polar surface area (TPSA) is 85.2 Å². The molecule has 3 aromatic rings. The minimum Gasteiger partial charge on any atom is -0.497 e. The Morgan fingerprint density at radius 2 is 2.14 bits per heavy atom. The SMILES string of the molecule is COc1ccc2c(c1)cc(C(=O)N[C@H](CCSC)C(=O)Nc1ncc(C)s1)n2C. The summed E-state index contributed by atoms with van der Waals surface area (Å²) in [7, 11) is 3.44. The van der Waals surface area contributed by atoms with Crippen LogP contribution in [0.5, 0.6) is 5.75 Å². The van der Waals surface area contributed by atoms with E-state index in [1.54, 1.807) is 31.1 Å². The number of hydrogen-bond donors (Lipinski definition) is 2. The predicted octanol–water partition coefficient (Wildman–Crippen LogP) is 3.44. The molecule has 1 atom stereocenters. The van der Waals surface area contributed by atoms with Crippen LogP contribution in [0.4, 0.5) is 5.13 Å². The van der Waals surface area contributed by atoms with Crippen LogP contribution in [0.25, 0.3) is 10.9 Å². The van der Waals surface area contributed by atoms with Gasteiger partial charge in [0.25, 0.3) is 5.91 Å². The summed E-state index contributed by atoms with van der Waals surface area (Å²) in [6.45, 7) is 1.93. The van der Waals surface area contributed by atoms with E-state index in [0.717, 1.165) is 27.3 Å². The molecule has 0 unspecified atom stereocenters. The van der Waals surface area contributed by atoms with Gasteiger partial charge in [0, 0.05) is 29.0 Å². The largest absolute Gasteiger partial charge is 0.497 e. The molecule has 7 nitrogen and oxygen atoms in total. The molecular weight excluding hydrogens is 408 g/mol. The number of fused-ring (bicyclic) bond motifs is 1. The molecule has 1 aromatic carbocycles. The van der Waals surface area contributed by atoms with Gasteiger partial charge in [-0.1, -0.05) is 0 Å². The van der Waals surface area contributed by atoms with Gasteiger partial charge in [0.2, 0.25) is 5.91 Å². The van der Waals surface area contributed by atoms with Gasteiger partial charge in [0.1, 0.15) is 17.5 Å². The summed E-state index contributed by atoms with van der Waals surface area (Å²) in [5.41, 5.74) is 1.40. The maximum Gasteiger partial charge on any atom is 0.268 e. The van der Waals surface area contributed by atoms with Gasteiger partial charge in [-0.25, -0.2) is 4.98 Å². The Kier molecular flexibility index (Phi) is 6.81. The molecule has 2 heterocycles. The summed E-state index contributed by atoms with van der Waals surface area (Å²) in [6.07, 6.45) is 4.21. The first kappa shape index (κ1) is 21.2. The van der Waals surface area contributed by atoms with Crippen molar-refractivity contribution in [2.24, 2.45) is 7.05 Å². The number of thiazole rings is 1. The minimum atomic E-state index is -0.647. The molecule has 154 valence electrons. The Bertz CT molecular complexity index is 1030. The molecule has 3 rings (SSSR count). The molecule has 0 saturated carbocycles. The third-order valence-corrected chi connectivity index (χ3v) is 6.04. The quantitative estimate of drug-likeness (QED) is 0.570. The second kappa shape index (κ2) is 9.32. The van der Waals surface area contributed by atoms with Gasteiger partial charge in [-0.15, -0.1) is 11.3 Å². The van der Waals surface area contributed by atoms with Crippen molar-refractivity contribution in [1.82, 2.24) is 14.9 Å². The maximum atomic E-state index is 13.0. The Morgan fingerprint density at radius 1 is 1.34 bits per heavy atom. The van der Waals surface area contributed by atoms with Gasteiger partial charge < -0.3 is 19.9 Å². The van der Waals surface area contributed by atoms with Gasteiger partial charge in [0.15, 0.2) is 5.13 Å². The zero-order chi connectivity index (χ0) is 21.0. The van der Waals surface area contributed by atoms with Gasteiger partial charge in [0.05, 0.1) is 7.11 Å². The van der Waals surface area contributed by atoms with Crippen LogP contribution in [-0.4, -0.2) is 46.5 Å². The van der Waals surface area contributed by atoms with E-state index in [0.29, 0.717) is 17.2 Å². The summed E-state index contributed by atoms with van der Waals surface area (Å²) in [5, 5.41) is 7.13. The normalized spacial score (nSPS) is 12.0. The standard InChI is InChI=1S/C20H24N4O3S2/c1-12-11-21-20(29-12)23-18(25)15(7-8-28-4)22-19(26)17-10-13-9-14(27-3)5-6-16(13)24(17)2/h5-6,9-11,15H,7-8H2,1-4H3,(H,22,26)(H,21,23,25)/t15-/m1/s1. The van der Waals surface area contributed by atoms with Crippen LogP contribution in [0, 0.1) is 6.92 Å². The van der Waals surface area contributed by atoms with E-state index in [9.17, 15) is 9.59 Å². The number of carbonyl (C=O) groups excluding carboxylic acids is 2. The van der Waals surface area contributed by atoms with Crippen LogP contribution in [0.15, 0.2) is 30.5 Å². The minimum absolute atomic E-state index is 0.262. The van der Waals surface area contributed by atoms with Crippen LogP contribution in [-0.2, 0) is 11.8 Å². The number of aromatic nitrogens is 2. The van der Waals surface area contributed by atoms with E-state index in [-0.39, 0.29) is 11.8 Å². The fourth-order valence-corrected chi connectivity index (χ4v) is 4.15. The first-order valence-electron chi connectivity index (χ1n) is 9.09. The van der Waals surface area contributed by atoms with E-state index >= 15 is 0 Å². The van der Waals surface area contributed by atoms with E-state index in [2.05, 4.69) is 15.6 Å². The number of rotatable bonds is 8. The molecular formula is C20H24N4O3S2. The molecule has 2 aromatic heterocycles. The number of nitrogens with one attached hydrogen (secondary N) is 2. The predicted molar refractivity (Wildman–Crippen MR) is 119 cm³/mol. The van der Waals surface area contributed by atoms with Gasteiger partial charge in [-0.2, -0.15) is 11.8 Å². The van der Waals surface area contributed by atoms with Crippen molar-refractivity contribution in [3.8, 4) is 5.75 Å². The van der Waals surface area contributed by atoms with Crippen LogP contribution >= 0.6 is 23.1 Å². The third kappa shape index (κ3) is 4.91. The van der Waals surface area contributed by atoms with Crippen LogP contribution < -0.4 is 15.4 Å². The second-order valence-corrected chi connectivity index (χ2v) is 8.81. The van der Waals surface area contributed by atoms with Crippen molar-refractivity contribution in [1.29, 1.82) is 0 Å². The average Bonchev–Trinajstić information content (AvgIpc) is 3.27. The lowest BCUT2D eigenvalue weighted by molar-refractivity contribution is -0.118. The molecule has 2 N–H and O–H groups in total. The number of methoxy groups -OCH3 is 1. The number of amides is 2. The first-order valence-corrected chi connectivity index (χ1v) is 11.3. The number of aryl methyl sites for hydroxylation is 2. The highest BCUT2D eigenvalue weighted by Crippen LogP contribution is 2.24. The molecule has 0 aliphatic rings. The highest BCUT2D eigenvalue weighted by molar-refractivity contribution is 7.98. The molecule has 0 fully saturated rings. The zero-order valence-electron chi connectivity index (χ0n) is 16.8. The van der Waals surface area contributed by atoms with E-state index in [1.165, 1.54) is 11.3 Å². The molecule has 0 bridgehead atoms. The molecule has 0 aliphatic heterocycles. The van der Waals surface area contributed by atoms with Gasteiger partial charge in [-0.3, -0.25) is 9.59 Å². The summed E-state index contributed by atoms with van der Waals surface area (Å²) >= 11 is 3.03. The average molecular weight is 433 g/mol. The van der Waals surface area contributed by atoms with Crippen LogP contribution in [0.3, 0.4) is 0 Å². The number of benzene rings is 1. The Hall–Kier alpha value is -2.52. The lowest BCUT2D eigenvalue weighted by Gasteiger charge is -2.17. The number of anilines is 1. The van der Waals surface area contributed by atoms with E-state index in [1.807, 2.05) is 43.0 Å². The Morgan fingerprint density at radius 3 is 2.79 bits per heavy atom. The fourth-order valence-electron chi connectivity index (χ4n) is 3.01. The number of carbonyl (C=O) groups is 2. The Balaban J connectivity index is 1.79. The second-order valence-electron chi connectivity index (χ2n) is 6.59. The molecule has 9 heteroatoms. The van der Waals surface area contributed by atoms with Crippen LogP contribution in [0.1, 0.15) is 21.8 Å². The lowest BCUT2D eigenvalue weighted by Crippen LogP contribution is -2.44. The zero-order valence-corrected chi connectivity index (χ0v) is 18.4. The summed E-state index contributed by atoms with van der Waals surface area (Å²) in [6, 6.07) is 6.81. The van der Waals surface area contributed by atoms with Crippen molar-refractivity contribution in [3.05, 3.63) is 41.0 Å².